The third-order valence-corrected chi connectivity index (χ3v) is 6.33. The first-order valence-electron chi connectivity index (χ1n) is 4.62. The second-order valence-electron chi connectivity index (χ2n) is 2.74. The normalized spacial score (nSPS) is 12.1. The number of aliphatic hydroxyl groups is 1. The maximum atomic E-state index is 7.00. The molecule has 1 aromatic rings. The van der Waals surface area contributed by atoms with Crippen LogP contribution in [0.5, 0.6) is 0 Å². The zero-order valence-corrected chi connectivity index (χ0v) is 12.8. The standard InChI is InChI=1S/C10H11Cl2GeO.CH4O/c1-14-8-7-10(13(11)12)9-5-3-2-4-6-9;1-2/h2-8,10H,1H3;2H,1H3/b8-7-;. The summed E-state index contributed by atoms with van der Waals surface area (Å²) in [5.74, 6) is 0. The Hall–Kier alpha value is -0.157. The molecule has 0 aliphatic rings. The number of hydrogen-bond donors (Lipinski definition) is 1. The molecule has 0 aliphatic carbocycles. The minimum atomic E-state index is -2.03. The quantitative estimate of drug-likeness (QED) is 0.682. The van der Waals surface area contributed by atoms with Crippen LogP contribution < -0.4 is 0 Å². The van der Waals surface area contributed by atoms with Gasteiger partial charge in [-0.3, -0.25) is 0 Å². The summed E-state index contributed by atoms with van der Waals surface area (Å²) >= 11 is -2.03. The van der Waals surface area contributed by atoms with Gasteiger partial charge >= 0.3 is 97.3 Å². The van der Waals surface area contributed by atoms with Gasteiger partial charge in [0.05, 0.1) is 0 Å². The van der Waals surface area contributed by atoms with Crippen LogP contribution in [0.15, 0.2) is 42.7 Å². The molecule has 2 nitrogen and oxygen atoms in total. The predicted molar refractivity (Wildman–Crippen MR) is 70.9 cm³/mol. The zero-order chi connectivity index (χ0) is 12.4. The summed E-state index contributed by atoms with van der Waals surface area (Å²) in [6.07, 6.45) is 3.56. The fourth-order valence-electron chi connectivity index (χ4n) is 1.13. The Morgan fingerprint density at radius 3 is 2.25 bits per heavy atom. The van der Waals surface area contributed by atoms with Crippen molar-refractivity contribution in [1.29, 1.82) is 0 Å². The van der Waals surface area contributed by atoms with Crippen molar-refractivity contribution in [3.63, 3.8) is 0 Å². The number of benzene rings is 1. The number of hydrogen-bond acceptors (Lipinski definition) is 2. The summed E-state index contributed by atoms with van der Waals surface area (Å²) in [7, 11) is 14.7. The molecule has 5 heteroatoms. The average Bonchev–Trinajstić information content (AvgIpc) is 2.33. The second kappa shape index (κ2) is 10.0. The van der Waals surface area contributed by atoms with Crippen LogP contribution in [-0.2, 0) is 4.74 Å². The molecule has 0 amide bonds. The third-order valence-electron chi connectivity index (χ3n) is 1.80. The molecule has 0 aromatic heterocycles. The second-order valence-corrected chi connectivity index (χ2v) is 10.5. The Kier molecular flexibility index (Phi) is 9.93. The topological polar surface area (TPSA) is 29.5 Å². The van der Waals surface area contributed by atoms with Crippen LogP contribution in [0, 0.1) is 0 Å². The molecule has 0 heterocycles. The first-order valence-corrected chi connectivity index (χ1v) is 11.3. The van der Waals surface area contributed by atoms with Gasteiger partial charge in [0.25, 0.3) is 0 Å². The van der Waals surface area contributed by atoms with Crippen LogP contribution in [0.4, 0.5) is 0 Å². The van der Waals surface area contributed by atoms with Gasteiger partial charge in [-0.15, -0.1) is 0 Å². The Labute approximate surface area is 109 Å². The van der Waals surface area contributed by atoms with E-state index in [0.29, 0.717) is 0 Å². The van der Waals surface area contributed by atoms with Gasteiger partial charge < -0.3 is 5.11 Å². The van der Waals surface area contributed by atoms with Crippen LogP contribution >= 0.6 is 20.0 Å². The van der Waals surface area contributed by atoms with Crippen LogP contribution in [-0.4, -0.2) is 31.8 Å². The molecular weight excluding hydrogens is 308 g/mol. The van der Waals surface area contributed by atoms with Crippen molar-refractivity contribution in [2.45, 2.75) is 4.75 Å². The molecule has 0 bridgehead atoms. The first kappa shape index (κ1) is 15.8. The fourth-order valence-corrected chi connectivity index (χ4v) is 4.60. The van der Waals surface area contributed by atoms with E-state index < -0.39 is 12.5 Å². The van der Waals surface area contributed by atoms with Crippen LogP contribution in [0.2, 0.25) is 0 Å². The third kappa shape index (κ3) is 5.80. The van der Waals surface area contributed by atoms with Gasteiger partial charge in [-0.2, -0.15) is 0 Å². The number of halogens is 2. The van der Waals surface area contributed by atoms with Gasteiger partial charge in [-0.1, -0.05) is 0 Å². The van der Waals surface area contributed by atoms with Crippen molar-refractivity contribution < 1.29 is 9.84 Å². The Morgan fingerprint density at radius 1 is 1.25 bits per heavy atom. The molecule has 1 atom stereocenters. The summed E-state index contributed by atoms with van der Waals surface area (Å²) in [5.41, 5.74) is 1.15. The van der Waals surface area contributed by atoms with Crippen molar-refractivity contribution >= 4 is 32.5 Å². The van der Waals surface area contributed by atoms with Gasteiger partial charge in [0.1, 0.15) is 0 Å². The molecule has 0 saturated carbocycles. The van der Waals surface area contributed by atoms with Crippen molar-refractivity contribution in [2.75, 3.05) is 14.2 Å². The van der Waals surface area contributed by atoms with Crippen molar-refractivity contribution in [3.8, 4) is 0 Å². The summed E-state index contributed by atoms with van der Waals surface area (Å²) in [5, 5.41) is 7.00. The number of allylic oxidation sites excluding steroid dienone is 1. The van der Waals surface area contributed by atoms with E-state index in [2.05, 4.69) is 0 Å². The van der Waals surface area contributed by atoms with E-state index in [1.165, 1.54) is 0 Å². The molecule has 0 aliphatic heterocycles. The SMILES string of the molecule is CO.CO/C=C\[CH](c1ccccc1)[Ge]([Cl])[Cl]. The van der Waals surface area contributed by atoms with E-state index in [1.807, 2.05) is 36.4 Å². The molecule has 1 unspecified atom stereocenters. The molecule has 1 aromatic carbocycles. The van der Waals surface area contributed by atoms with Gasteiger partial charge in [0.2, 0.25) is 0 Å². The van der Waals surface area contributed by atoms with Gasteiger partial charge in [-0.05, 0) is 0 Å². The van der Waals surface area contributed by atoms with Gasteiger partial charge in [0, 0.05) is 7.11 Å². The number of aliphatic hydroxyl groups excluding tert-OH is 1. The molecular formula is C11H15Cl2GeO2. The predicted octanol–water partition coefficient (Wildman–Crippen LogP) is 3.04. The molecule has 1 N–H and O–H groups in total. The molecule has 0 spiro atoms. The summed E-state index contributed by atoms with van der Waals surface area (Å²) in [6, 6.07) is 10.0. The number of ether oxygens (including phenoxy) is 1. The summed E-state index contributed by atoms with van der Waals surface area (Å²) < 4.78 is 5.01. The van der Waals surface area contributed by atoms with E-state index >= 15 is 0 Å². The van der Waals surface area contributed by atoms with E-state index in [-0.39, 0.29) is 4.75 Å². The molecule has 0 fully saturated rings. The monoisotopic (exact) mass is 323 g/mol. The fraction of sp³-hybridized carbons (Fsp3) is 0.273. The number of rotatable bonds is 4. The zero-order valence-electron chi connectivity index (χ0n) is 9.23. The Balaban J connectivity index is 0.00000106. The molecule has 16 heavy (non-hydrogen) atoms. The molecule has 0 saturated heterocycles. The van der Waals surface area contributed by atoms with Gasteiger partial charge in [-0.25, -0.2) is 0 Å². The van der Waals surface area contributed by atoms with E-state index in [1.54, 1.807) is 13.4 Å². The summed E-state index contributed by atoms with van der Waals surface area (Å²) in [6.45, 7) is 0. The molecule has 89 valence electrons. The van der Waals surface area contributed by atoms with Crippen molar-refractivity contribution in [3.05, 3.63) is 48.2 Å². The van der Waals surface area contributed by atoms with Crippen LogP contribution in [0.25, 0.3) is 0 Å². The Morgan fingerprint density at radius 2 is 1.81 bits per heavy atom. The first-order chi connectivity index (χ1) is 7.75. The summed E-state index contributed by atoms with van der Waals surface area (Å²) in [4.78, 5) is 0. The average molecular weight is 323 g/mol. The van der Waals surface area contributed by atoms with E-state index in [4.69, 9.17) is 29.9 Å². The minimum absolute atomic E-state index is 0.138. The van der Waals surface area contributed by atoms with Crippen molar-refractivity contribution in [1.82, 2.24) is 0 Å². The van der Waals surface area contributed by atoms with Crippen LogP contribution in [0.3, 0.4) is 0 Å². The van der Waals surface area contributed by atoms with Crippen molar-refractivity contribution in [2.24, 2.45) is 0 Å². The molecule has 1 radical (unpaired) electrons. The maximum absolute atomic E-state index is 7.00. The van der Waals surface area contributed by atoms with E-state index in [0.717, 1.165) is 12.7 Å². The van der Waals surface area contributed by atoms with Crippen LogP contribution in [0.1, 0.15) is 10.3 Å². The Bertz CT molecular complexity index is 291. The number of methoxy groups -OCH3 is 1. The van der Waals surface area contributed by atoms with E-state index in [9.17, 15) is 0 Å². The molecule has 1 rings (SSSR count). The van der Waals surface area contributed by atoms with Gasteiger partial charge in [0.15, 0.2) is 0 Å².